The van der Waals surface area contributed by atoms with Crippen molar-refractivity contribution in [3.63, 3.8) is 0 Å². The quantitative estimate of drug-likeness (QED) is 0.500. The van der Waals surface area contributed by atoms with E-state index < -0.39 is 11.9 Å². The molecule has 0 amide bonds. The molecule has 1 fully saturated rings. The normalized spacial score (nSPS) is 17.4. The standard InChI is InChI=1S/C16H27NO5/c1-12(2)11-14(16(20)21)13(15(18)19)5-3-4-6-17-7-9-22-10-8-17/h12H,3-11H2,1-2H3,(H,18,19)(H,20,21)/b14-13+. The van der Waals surface area contributed by atoms with Gasteiger partial charge in [0, 0.05) is 24.2 Å². The summed E-state index contributed by atoms with van der Waals surface area (Å²) in [7, 11) is 0. The first-order valence-electron chi connectivity index (χ1n) is 7.90. The molecule has 2 N–H and O–H groups in total. The van der Waals surface area contributed by atoms with E-state index in [0.29, 0.717) is 19.3 Å². The molecule has 0 unspecified atom stereocenters. The van der Waals surface area contributed by atoms with Crippen LogP contribution in [0, 0.1) is 5.92 Å². The second-order valence-electron chi connectivity index (χ2n) is 6.08. The van der Waals surface area contributed by atoms with Crippen LogP contribution in [0.15, 0.2) is 11.1 Å². The third kappa shape index (κ3) is 6.58. The van der Waals surface area contributed by atoms with Crippen LogP contribution in [-0.2, 0) is 14.3 Å². The first-order valence-corrected chi connectivity index (χ1v) is 7.90. The zero-order valence-electron chi connectivity index (χ0n) is 13.5. The molecule has 0 radical (unpaired) electrons. The molecule has 0 spiro atoms. The number of rotatable bonds is 9. The highest BCUT2D eigenvalue weighted by atomic mass is 16.5. The molecule has 0 bridgehead atoms. The number of carbonyl (C=O) groups is 2. The maximum atomic E-state index is 11.4. The fourth-order valence-corrected chi connectivity index (χ4v) is 2.60. The maximum absolute atomic E-state index is 11.4. The van der Waals surface area contributed by atoms with Gasteiger partial charge in [-0.3, -0.25) is 4.90 Å². The summed E-state index contributed by atoms with van der Waals surface area (Å²) in [6.07, 6.45) is 2.16. The number of carboxylic acid groups (broad SMARTS) is 2. The summed E-state index contributed by atoms with van der Waals surface area (Å²) in [5.41, 5.74) is 0.108. The van der Waals surface area contributed by atoms with Crippen LogP contribution in [0.4, 0.5) is 0 Å². The molecule has 0 saturated carbocycles. The van der Waals surface area contributed by atoms with Gasteiger partial charge < -0.3 is 14.9 Å². The summed E-state index contributed by atoms with van der Waals surface area (Å²) in [5, 5.41) is 18.6. The topological polar surface area (TPSA) is 87.1 Å². The lowest BCUT2D eigenvalue weighted by atomic mass is 9.95. The monoisotopic (exact) mass is 313 g/mol. The highest BCUT2D eigenvalue weighted by Crippen LogP contribution is 2.20. The van der Waals surface area contributed by atoms with Gasteiger partial charge in [0.25, 0.3) is 0 Å². The molecule has 0 aromatic heterocycles. The van der Waals surface area contributed by atoms with Crippen LogP contribution < -0.4 is 0 Å². The number of ether oxygens (including phenoxy) is 1. The number of unbranched alkanes of at least 4 members (excludes halogenated alkanes) is 1. The van der Waals surface area contributed by atoms with E-state index in [1.807, 2.05) is 13.8 Å². The van der Waals surface area contributed by atoms with Crippen molar-refractivity contribution in [3.05, 3.63) is 11.1 Å². The Morgan fingerprint density at radius 2 is 1.64 bits per heavy atom. The summed E-state index contributed by atoms with van der Waals surface area (Å²) >= 11 is 0. The zero-order valence-corrected chi connectivity index (χ0v) is 13.5. The largest absolute Gasteiger partial charge is 0.478 e. The van der Waals surface area contributed by atoms with Gasteiger partial charge in [-0.05, 0) is 38.1 Å². The third-order valence-electron chi connectivity index (χ3n) is 3.75. The molecule has 6 nitrogen and oxygen atoms in total. The molecule has 22 heavy (non-hydrogen) atoms. The van der Waals surface area contributed by atoms with Crippen LogP contribution >= 0.6 is 0 Å². The van der Waals surface area contributed by atoms with Crippen molar-refractivity contribution in [1.29, 1.82) is 0 Å². The minimum atomic E-state index is -1.11. The Balaban J connectivity index is 2.55. The van der Waals surface area contributed by atoms with E-state index in [1.54, 1.807) is 0 Å². The van der Waals surface area contributed by atoms with Gasteiger partial charge in [0.15, 0.2) is 0 Å². The number of morpholine rings is 1. The summed E-state index contributed by atoms with van der Waals surface area (Å²) in [5.74, 6) is -2.10. The van der Waals surface area contributed by atoms with Gasteiger partial charge >= 0.3 is 11.9 Å². The second kappa shape index (κ2) is 9.58. The SMILES string of the molecule is CC(C)C/C(C(=O)O)=C(/CCCCN1CCOCC1)C(=O)O. The van der Waals surface area contributed by atoms with Crippen LogP contribution in [0.3, 0.4) is 0 Å². The molecule has 1 aliphatic rings. The van der Waals surface area contributed by atoms with Gasteiger partial charge in [-0.2, -0.15) is 0 Å². The molecule has 126 valence electrons. The third-order valence-corrected chi connectivity index (χ3v) is 3.75. The summed E-state index contributed by atoms with van der Waals surface area (Å²) in [4.78, 5) is 25.0. The minimum absolute atomic E-state index is 0.0499. The van der Waals surface area contributed by atoms with Gasteiger partial charge in [0.2, 0.25) is 0 Å². The van der Waals surface area contributed by atoms with Crippen molar-refractivity contribution >= 4 is 11.9 Å². The lowest BCUT2D eigenvalue weighted by Crippen LogP contribution is -2.36. The average molecular weight is 313 g/mol. The molecule has 0 aromatic rings. The predicted molar refractivity (Wildman–Crippen MR) is 82.9 cm³/mol. The Morgan fingerprint density at radius 3 is 2.14 bits per heavy atom. The van der Waals surface area contributed by atoms with Crippen molar-refractivity contribution in [2.24, 2.45) is 5.92 Å². The molecule has 0 aromatic carbocycles. The highest BCUT2D eigenvalue weighted by molar-refractivity contribution is 5.98. The summed E-state index contributed by atoms with van der Waals surface area (Å²) < 4.78 is 5.28. The number of aliphatic carboxylic acids is 2. The van der Waals surface area contributed by atoms with Crippen molar-refractivity contribution in [1.82, 2.24) is 4.90 Å². The van der Waals surface area contributed by atoms with Gasteiger partial charge in [-0.25, -0.2) is 9.59 Å². The Hall–Kier alpha value is -1.40. The van der Waals surface area contributed by atoms with Gasteiger partial charge in [0.05, 0.1) is 13.2 Å². The molecular formula is C16H27NO5. The van der Waals surface area contributed by atoms with Crippen LogP contribution in [-0.4, -0.2) is 59.9 Å². The molecular weight excluding hydrogens is 286 g/mol. The van der Waals surface area contributed by atoms with E-state index in [1.165, 1.54) is 0 Å². The lowest BCUT2D eigenvalue weighted by Gasteiger charge is -2.26. The Labute approximate surface area is 131 Å². The zero-order chi connectivity index (χ0) is 16.5. The number of carboxylic acids is 2. The lowest BCUT2D eigenvalue weighted by molar-refractivity contribution is -0.136. The van der Waals surface area contributed by atoms with E-state index in [2.05, 4.69) is 4.90 Å². The average Bonchev–Trinajstić information content (AvgIpc) is 2.45. The van der Waals surface area contributed by atoms with E-state index in [9.17, 15) is 19.8 Å². The molecule has 1 saturated heterocycles. The minimum Gasteiger partial charge on any atom is -0.478 e. The number of hydrogen-bond acceptors (Lipinski definition) is 4. The van der Waals surface area contributed by atoms with E-state index in [0.717, 1.165) is 39.3 Å². The smallest absolute Gasteiger partial charge is 0.332 e. The van der Waals surface area contributed by atoms with Crippen LogP contribution in [0.5, 0.6) is 0 Å². The molecule has 6 heteroatoms. The van der Waals surface area contributed by atoms with Crippen molar-refractivity contribution < 1.29 is 24.5 Å². The van der Waals surface area contributed by atoms with Crippen molar-refractivity contribution in [3.8, 4) is 0 Å². The van der Waals surface area contributed by atoms with Gasteiger partial charge in [-0.1, -0.05) is 13.8 Å². The van der Waals surface area contributed by atoms with Crippen LogP contribution in [0.2, 0.25) is 0 Å². The van der Waals surface area contributed by atoms with Crippen LogP contribution in [0.1, 0.15) is 39.5 Å². The number of nitrogens with zero attached hydrogens (tertiary/aromatic N) is 1. The first kappa shape index (κ1) is 18.6. The molecule has 1 rings (SSSR count). The Morgan fingerprint density at radius 1 is 1.05 bits per heavy atom. The number of hydrogen-bond donors (Lipinski definition) is 2. The van der Waals surface area contributed by atoms with Gasteiger partial charge in [0.1, 0.15) is 0 Å². The highest BCUT2D eigenvalue weighted by Gasteiger charge is 2.20. The second-order valence-corrected chi connectivity index (χ2v) is 6.08. The van der Waals surface area contributed by atoms with E-state index in [-0.39, 0.29) is 17.1 Å². The van der Waals surface area contributed by atoms with Crippen LogP contribution in [0.25, 0.3) is 0 Å². The molecule has 1 heterocycles. The summed E-state index contributed by atoms with van der Waals surface area (Å²) in [6, 6.07) is 0. The fraction of sp³-hybridized carbons (Fsp3) is 0.750. The Bertz CT molecular complexity index is 411. The van der Waals surface area contributed by atoms with Crippen molar-refractivity contribution in [2.45, 2.75) is 39.5 Å². The maximum Gasteiger partial charge on any atom is 0.332 e. The predicted octanol–water partition coefficient (Wildman–Crippen LogP) is 2.00. The van der Waals surface area contributed by atoms with Crippen molar-refractivity contribution in [2.75, 3.05) is 32.8 Å². The van der Waals surface area contributed by atoms with E-state index >= 15 is 0 Å². The first-order chi connectivity index (χ1) is 10.4. The fourth-order valence-electron chi connectivity index (χ4n) is 2.60. The Kier molecular flexibility index (Phi) is 8.12. The molecule has 1 aliphatic heterocycles. The van der Waals surface area contributed by atoms with Gasteiger partial charge in [-0.15, -0.1) is 0 Å². The summed E-state index contributed by atoms with van der Waals surface area (Å²) in [6.45, 7) is 8.00. The molecule has 0 atom stereocenters. The van der Waals surface area contributed by atoms with E-state index in [4.69, 9.17) is 4.74 Å². The molecule has 0 aliphatic carbocycles.